The number of nitriles is 1. The molecule has 0 aliphatic rings. The van der Waals surface area contributed by atoms with E-state index in [1.807, 2.05) is 23.9 Å². The number of nitrogens with zero attached hydrogens (tertiary/aromatic N) is 2. The second-order valence-electron chi connectivity index (χ2n) is 5.07. The molecular weight excluding hydrogens is 314 g/mol. The molecule has 0 fully saturated rings. The molecule has 3 nitrogen and oxygen atoms in total. The summed E-state index contributed by atoms with van der Waals surface area (Å²) in [4.78, 5) is 0. The Hall–Kier alpha value is -1.57. The number of aromatic nitrogens is 1. The normalized spacial score (nSPS) is 12.1. The van der Waals surface area contributed by atoms with Gasteiger partial charge >= 0.3 is 0 Å². The summed E-state index contributed by atoms with van der Waals surface area (Å²) < 4.78 is 2.96. The molecule has 0 bridgehead atoms. The highest BCUT2D eigenvalue weighted by atomic mass is 79.9. The average Bonchev–Trinajstić information content (AvgIpc) is 2.79. The van der Waals surface area contributed by atoms with Gasteiger partial charge in [0.15, 0.2) is 0 Å². The molecule has 1 N–H and O–H groups in total. The first-order valence-electron chi connectivity index (χ1n) is 6.61. The van der Waals surface area contributed by atoms with Crippen molar-refractivity contribution < 1.29 is 0 Å². The number of halogens is 1. The standard InChI is InChI=1S/C16H18BrN3/c1-12(7-13-3-5-15(17)6-4-13)19-10-14-8-16(9-18)20(2)11-14/h3-6,8,11-12,19H,7,10H2,1-2H3. The van der Waals surface area contributed by atoms with Crippen molar-refractivity contribution in [3.05, 3.63) is 57.8 Å². The maximum Gasteiger partial charge on any atom is 0.120 e. The lowest BCUT2D eigenvalue weighted by Gasteiger charge is -2.13. The Kier molecular flexibility index (Phi) is 4.99. The lowest BCUT2D eigenvalue weighted by molar-refractivity contribution is 0.545. The molecule has 0 aliphatic carbocycles. The van der Waals surface area contributed by atoms with E-state index < -0.39 is 0 Å². The first-order valence-corrected chi connectivity index (χ1v) is 7.41. The summed E-state index contributed by atoms with van der Waals surface area (Å²) in [5.74, 6) is 0. The van der Waals surface area contributed by atoms with Crippen LogP contribution >= 0.6 is 15.9 Å². The number of hydrogen-bond donors (Lipinski definition) is 1. The highest BCUT2D eigenvalue weighted by Crippen LogP contribution is 2.12. The van der Waals surface area contributed by atoms with Gasteiger partial charge in [0.25, 0.3) is 0 Å². The summed E-state index contributed by atoms with van der Waals surface area (Å²) in [6.07, 6.45) is 2.99. The number of nitrogens with one attached hydrogen (secondary N) is 1. The third kappa shape index (κ3) is 3.96. The van der Waals surface area contributed by atoms with Gasteiger partial charge in [0.2, 0.25) is 0 Å². The Morgan fingerprint density at radius 3 is 2.60 bits per heavy atom. The molecule has 0 spiro atoms. The third-order valence-electron chi connectivity index (χ3n) is 3.29. The molecule has 1 heterocycles. The number of aryl methyl sites for hydroxylation is 1. The predicted molar refractivity (Wildman–Crippen MR) is 84.3 cm³/mol. The van der Waals surface area contributed by atoms with Crippen LogP contribution in [0.15, 0.2) is 41.0 Å². The molecule has 104 valence electrons. The Morgan fingerprint density at radius 1 is 1.30 bits per heavy atom. The smallest absolute Gasteiger partial charge is 0.120 e. The largest absolute Gasteiger partial charge is 0.342 e. The molecule has 20 heavy (non-hydrogen) atoms. The number of hydrogen-bond acceptors (Lipinski definition) is 2. The number of rotatable bonds is 5. The minimum absolute atomic E-state index is 0.391. The molecule has 4 heteroatoms. The van der Waals surface area contributed by atoms with E-state index in [4.69, 9.17) is 5.26 Å². The molecule has 1 aromatic heterocycles. The van der Waals surface area contributed by atoms with Gasteiger partial charge in [0.1, 0.15) is 11.8 Å². The Labute approximate surface area is 128 Å². The summed E-state index contributed by atoms with van der Waals surface area (Å²) >= 11 is 3.44. The van der Waals surface area contributed by atoms with E-state index in [0.717, 1.165) is 23.0 Å². The van der Waals surface area contributed by atoms with Gasteiger partial charge in [0, 0.05) is 30.3 Å². The Bertz CT molecular complexity index is 608. The van der Waals surface area contributed by atoms with Crippen LogP contribution in [-0.2, 0) is 20.0 Å². The molecule has 1 aromatic carbocycles. The highest BCUT2D eigenvalue weighted by molar-refractivity contribution is 9.10. The van der Waals surface area contributed by atoms with Crippen LogP contribution in [0.25, 0.3) is 0 Å². The van der Waals surface area contributed by atoms with E-state index in [0.29, 0.717) is 11.7 Å². The van der Waals surface area contributed by atoms with Gasteiger partial charge in [-0.25, -0.2) is 0 Å². The average molecular weight is 332 g/mol. The zero-order valence-electron chi connectivity index (χ0n) is 11.7. The zero-order valence-corrected chi connectivity index (χ0v) is 13.3. The molecule has 1 atom stereocenters. The van der Waals surface area contributed by atoms with Crippen molar-refractivity contribution in [1.82, 2.24) is 9.88 Å². The fraction of sp³-hybridized carbons (Fsp3) is 0.312. The zero-order chi connectivity index (χ0) is 14.5. The van der Waals surface area contributed by atoms with E-state index in [2.05, 4.69) is 58.5 Å². The maximum atomic E-state index is 8.93. The lowest BCUT2D eigenvalue weighted by Crippen LogP contribution is -2.27. The first-order chi connectivity index (χ1) is 9.58. The van der Waals surface area contributed by atoms with Crippen molar-refractivity contribution in [1.29, 1.82) is 5.26 Å². The lowest BCUT2D eigenvalue weighted by atomic mass is 10.1. The maximum absolute atomic E-state index is 8.93. The van der Waals surface area contributed by atoms with Crippen LogP contribution in [0.1, 0.15) is 23.7 Å². The van der Waals surface area contributed by atoms with E-state index >= 15 is 0 Å². The highest BCUT2D eigenvalue weighted by Gasteiger charge is 2.06. The molecule has 2 rings (SSSR count). The van der Waals surface area contributed by atoms with Gasteiger partial charge in [-0.15, -0.1) is 0 Å². The molecule has 2 aromatic rings. The molecule has 0 aliphatic heterocycles. The van der Waals surface area contributed by atoms with E-state index in [9.17, 15) is 0 Å². The molecular formula is C16H18BrN3. The quantitative estimate of drug-likeness (QED) is 0.912. The fourth-order valence-corrected chi connectivity index (χ4v) is 2.44. The van der Waals surface area contributed by atoms with Gasteiger partial charge in [-0.3, -0.25) is 0 Å². The minimum Gasteiger partial charge on any atom is -0.342 e. The van der Waals surface area contributed by atoms with E-state index in [-0.39, 0.29) is 0 Å². The Balaban J connectivity index is 1.87. The second-order valence-corrected chi connectivity index (χ2v) is 5.98. The summed E-state index contributed by atoms with van der Waals surface area (Å²) in [6, 6.07) is 12.9. The van der Waals surface area contributed by atoms with Gasteiger partial charge in [0.05, 0.1) is 0 Å². The van der Waals surface area contributed by atoms with Crippen LogP contribution in [0, 0.1) is 11.3 Å². The van der Waals surface area contributed by atoms with E-state index in [1.165, 1.54) is 5.56 Å². The number of benzene rings is 1. The third-order valence-corrected chi connectivity index (χ3v) is 3.81. The molecule has 0 amide bonds. The first kappa shape index (κ1) is 14.8. The van der Waals surface area contributed by atoms with Crippen LogP contribution in [0.4, 0.5) is 0 Å². The van der Waals surface area contributed by atoms with Gasteiger partial charge in [-0.2, -0.15) is 5.26 Å². The van der Waals surface area contributed by atoms with Gasteiger partial charge in [-0.1, -0.05) is 28.1 Å². The van der Waals surface area contributed by atoms with Crippen LogP contribution in [0.5, 0.6) is 0 Å². The van der Waals surface area contributed by atoms with E-state index in [1.54, 1.807) is 0 Å². The van der Waals surface area contributed by atoms with Crippen LogP contribution in [0.3, 0.4) is 0 Å². The fourth-order valence-electron chi connectivity index (χ4n) is 2.18. The van der Waals surface area contributed by atoms with Crippen LogP contribution < -0.4 is 5.32 Å². The summed E-state index contributed by atoms with van der Waals surface area (Å²) in [5.41, 5.74) is 3.16. The molecule has 0 saturated carbocycles. The summed E-state index contributed by atoms with van der Waals surface area (Å²) in [7, 11) is 1.90. The summed E-state index contributed by atoms with van der Waals surface area (Å²) in [5, 5.41) is 12.4. The molecule has 0 saturated heterocycles. The van der Waals surface area contributed by atoms with Crippen molar-refractivity contribution in [2.24, 2.45) is 7.05 Å². The van der Waals surface area contributed by atoms with Gasteiger partial charge in [-0.05, 0) is 42.7 Å². The summed E-state index contributed by atoms with van der Waals surface area (Å²) in [6.45, 7) is 2.96. The van der Waals surface area contributed by atoms with Crippen LogP contribution in [-0.4, -0.2) is 10.6 Å². The topological polar surface area (TPSA) is 40.8 Å². The predicted octanol–water partition coefficient (Wildman–Crippen LogP) is 3.38. The van der Waals surface area contributed by atoms with Gasteiger partial charge < -0.3 is 9.88 Å². The second kappa shape index (κ2) is 6.74. The van der Waals surface area contributed by atoms with Crippen LogP contribution in [0.2, 0.25) is 0 Å². The minimum atomic E-state index is 0.391. The van der Waals surface area contributed by atoms with Crippen molar-refractivity contribution in [2.75, 3.05) is 0 Å². The van der Waals surface area contributed by atoms with Crippen molar-refractivity contribution >= 4 is 15.9 Å². The molecule has 0 radical (unpaired) electrons. The monoisotopic (exact) mass is 331 g/mol. The molecule has 1 unspecified atom stereocenters. The SMILES string of the molecule is CC(Cc1ccc(Br)cc1)NCc1cc(C#N)n(C)c1. The van der Waals surface area contributed by atoms with Crippen molar-refractivity contribution in [3.63, 3.8) is 0 Å². The van der Waals surface area contributed by atoms with Crippen molar-refractivity contribution in [2.45, 2.75) is 25.9 Å². The Morgan fingerprint density at radius 2 is 2.00 bits per heavy atom. The van der Waals surface area contributed by atoms with Crippen molar-refractivity contribution in [3.8, 4) is 6.07 Å².